The van der Waals surface area contributed by atoms with Crippen LogP contribution in [0.5, 0.6) is 0 Å². The zero-order chi connectivity index (χ0) is 14.5. The fourth-order valence-electron chi connectivity index (χ4n) is 1.93. The van der Waals surface area contributed by atoms with Gasteiger partial charge in [-0.25, -0.2) is 9.97 Å². The topological polar surface area (TPSA) is 29.0 Å². The van der Waals surface area contributed by atoms with Crippen LogP contribution >= 0.6 is 27.5 Å². The highest BCUT2D eigenvalue weighted by Crippen LogP contribution is 2.19. The van der Waals surface area contributed by atoms with Gasteiger partial charge in [0.15, 0.2) is 0 Å². The predicted octanol–water partition coefficient (Wildman–Crippen LogP) is 4.48. The third-order valence-corrected chi connectivity index (χ3v) is 3.58. The summed E-state index contributed by atoms with van der Waals surface area (Å²) in [6, 6.07) is 9.81. The molecular weight excluding hydrogens is 338 g/mol. The van der Waals surface area contributed by atoms with E-state index < -0.39 is 0 Å². The molecule has 20 heavy (non-hydrogen) atoms. The van der Waals surface area contributed by atoms with Gasteiger partial charge in [-0.05, 0) is 40.0 Å². The van der Waals surface area contributed by atoms with Gasteiger partial charge in [-0.2, -0.15) is 0 Å². The monoisotopic (exact) mass is 353 g/mol. The first-order chi connectivity index (χ1) is 9.58. The summed E-state index contributed by atoms with van der Waals surface area (Å²) in [7, 11) is 2.03. The molecule has 0 fully saturated rings. The lowest BCUT2D eigenvalue weighted by Gasteiger charge is -2.19. The molecule has 0 unspecified atom stereocenters. The predicted molar refractivity (Wildman–Crippen MR) is 87.3 cm³/mol. The molecule has 0 aliphatic rings. The van der Waals surface area contributed by atoms with Crippen molar-refractivity contribution >= 4 is 33.3 Å². The van der Waals surface area contributed by atoms with Crippen LogP contribution in [-0.4, -0.2) is 17.0 Å². The van der Waals surface area contributed by atoms with E-state index in [0.717, 1.165) is 40.7 Å². The zero-order valence-corrected chi connectivity index (χ0v) is 13.9. The van der Waals surface area contributed by atoms with Gasteiger partial charge in [-0.3, -0.25) is 0 Å². The smallest absolute Gasteiger partial charge is 0.133 e. The van der Waals surface area contributed by atoms with Crippen molar-refractivity contribution in [1.82, 2.24) is 9.97 Å². The molecule has 1 aromatic heterocycles. The summed E-state index contributed by atoms with van der Waals surface area (Å²) in [5.74, 6) is 1.80. The fraction of sp³-hybridized carbons (Fsp3) is 0.333. The Morgan fingerprint density at radius 3 is 2.55 bits per heavy atom. The molecule has 2 aromatic rings. The lowest BCUT2D eigenvalue weighted by Crippen LogP contribution is -2.18. The quantitative estimate of drug-likeness (QED) is 0.741. The highest BCUT2D eigenvalue weighted by atomic mass is 79.9. The minimum Gasteiger partial charge on any atom is -0.355 e. The second-order valence-electron chi connectivity index (χ2n) is 4.70. The van der Waals surface area contributed by atoms with E-state index in [-0.39, 0.29) is 0 Å². The van der Waals surface area contributed by atoms with Gasteiger partial charge in [0.2, 0.25) is 0 Å². The molecule has 0 aliphatic carbocycles. The molecule has 5 heteroatoms. The van der Waals surface area contributed by atoms with E-state index in [4.69, 9.17) is 11.6 Å². The van der Waals surface area contributed by atoms with Gasteiger partial charge in [0, 0.05) is 31.1 Å². The molecule has 0 spiro atoms. The molecule has 0 saturated heterocycles. The van der Waals surface area contributed by atoms with Gasteiger partial charge in [-0.15, -0.1) is 0 Å². The van der Waals surface area contributed by atoms with E-state index in [9.17, 15) is 0 Å². The number of anilines is 1. The van der Waals surface area contributed by atoms with Crippen LogP contribution in [-0.2, 0) is 13.0 Å². The van der Waals surface area contributed by atoms with E-state index in [0.29, 0.717) is 0 Å². The summed E-state index contributed by atoms with van der Waals surface area (Å²) in [4.78, 5) is 11.1. The highest BCUT2D eigenvalue weighted by molar-refractivity contribution is 9.10. The average molecular weight is 355 g/mol. The van der Waals surface area contributed by atoms with Crippen LogP contribution in [0.4, 0.5) is 5.82 Å². The van der Waals surface area contributed by atoms with Crippen LogP contribution in [0.15, 0.2) is 34.9 Å². The summed E-state index contributed by atoms with van der Waals surface area (Å²) in [5, 5.41) is 0.756. The first kappa shape index (κ1) is 15.3. The van der Waals surface area contributed by atoms with Crippen molar-refractivity contribution in [1.29, 1.82) is 0 Å². The molecule has 0 saturated carbocycles. The largest absolute Gasteiger partial charge is 0.355 e. The number of aryl methyl sites for hydroxylation is 1. The third kappa shape index (κ3) is 4.18. The van der Waals surface area contributed by atoms with Crippen molar-refractivity contribution in [2.45, 2.75) is 26.3 Å². The van der Waals surface area contributed by atoms with E-state index in [1.54, 1.807) is 0 Å². The molecule has 1 aromatic carbocycles. The summed E-state index contributed by atoms with van der Waals surface area (Å²) < 4.78 is 0.828. The summed E-state index contributed by atoms with van der Waals surface area (Å²) in [6.45, 7) is 2.91. The standard InChI is InChI=1S/C15H17BrClN3/c1-3-4-14-18-13(16)9-15(19-14)20(2)10-11-5-7-12(17)8-6-11/h5-9H,3-4,10H2,1-2H3. The van der Waals surface area contributed by atoms with E-state index in [2.05, 4.69) is 37.7 Å². The lowest BCUT2D eigenvalue weighted by atomic mass is 10.2. The molecule has 0 atom stereocenters. The number of benzene rings is 1. The minimum atomic E-state index is 0.756. The van der Waals surface area contributed by atoms with Gasteiger partial charge in [-0.1, -0.05) is 30.7 Å². The van der Waals surface area contributed by atoms with Crippen molar-refractivity contribution < 1.29 is 0 Å². The Morgan fingerprint density at radius 1 is 1.20 bits per heavy atom. The summed E-state index contributed by atoms with van der Waals surface area (Å²) in [5.41, 5.74) is 1.20. The molecule has 3 nitrogen and oxygen atoms in total. The van der Waals surface area contributed by atoms with Crippen LogP contribution in [0, 0.1) is 0 Å². The SMILES string of the molecule is CCCc1nc(Br)cc(N(C)Cc2ccc(Cl)cc2)n1. The molecule has 0 N–H and O–H groups in total. The Balaban J connectivity index is 2.15. The van der Waals surface area contributed by atoms with Crippen LogP contribution in [0.3, 0.4) is 0 Å². The van der Waals surface area contributed by atoms with E-state index >= 15 is 0 Å². The number of halogens is 2. The summed E-state index contributed by atoms with van der Waals surface area (Å²) in [6.07, 6.45) is 1.93. The maximum Gasteiger partial charge on any atom is 0.133 e. The van der Waals surface area contributed by atoms with Crippen LogP contribution in [0.1, 0.15) is 24.7 Å². The first-order valence-corrected chi connectivity index (χ1v) is 7.74. The highest BCUT2D eigenvalue weighted by Gasteiger charge is 2.08. The van der Waals surface area contributed by atoms with Crippen LogP contribution in [0.25, 0.3) is 0 Å². The van der Waals surface area contributed by atoms with Gasteiger partial charge < -0.3 is 4.90 Å². The normalized spacial score (nSPS) is 10.6. The van der Waals surface area contributed by atoms with Crippen molar-refractivity contribution in [3.05, 3.63) is 51.3 Å². The van der Waals surface area contributed by atoms with Crippen molar-refractivity contribution in [3.8, 4) is 0 Å². The van der Waals surface area contributed by atoms with Crippen molar-refractivity contribution in [3.63, 3.8) is 0 Å². The molecule has 0 amide bonds. The second-order valence-corrected chi connectivity index (χ2v) is 5.95. The number of rotatable bonds is 5. The van der Waals surface area contributed by atoms with E-state index in [1.165, 1.54) is 5.56 Å². The average Bonchev–Trinajstić information content (AvgIpc) is 2.41. The van der Waals surface area contributed by atoms with Gasteiger partial charge in [0.25, 0.3) is 0 Å². The number of aromatic nitrogens is 2. The molecule has 106 valence electrons. The molecule has 2 rings (SSSR count). The first-order valence-electron chi connectivity index (χ1n) is 6.57. The second kappa shape index (κ2) is 7.04. The van der Waals surface area contributed by atoms with Gasteiger partial charge >= 0.3 is 0 Å². The van der Waals surface area contributed by atoms with Crippen LogP contribution < -0.4 is 4.90 Å². The molecular formula is C15H17BrClN3. The number of hydrogen-bond donors (Lipinski definition) is 0. The Bertz CT molecular complexity index is 572. The Hall–Kier alpha value is -1.13. The number of nitrogens with zero attached hydrogens (tertiary/aromatic N) is 3. The molecule has 0 radical (unpaired) electrons. The van der Waals surface area contributed by atoms with Crippen molar-refractivity contribution in [2.24, 2.45) is 0 Å². The maximum atomic E-state index is 5.90. The minimum absolute atomic E-state index is 0.756. The Kier molecular flexibility index (Phi) is 5.38. The van der Waals surface area contributed by atoms with Crippen LogP contribution in [0.2, 0.25) is 5.02 Å². The zero-order valence-electron chi connectivity index (χ0n) is 11.6. The summed E-state index contributed by atoms with van der Waals surface area (Å²) >= 11 is 9.35. The lowest BCUT2D eigenvalue weighted by molar-refractivity contribution is 0.806. The maximum absolute atomic E-state index is 5.90. The molecule has 1 heterocycles. The Labute approximate surface area is 133 Å². The molecule has 0 bridgehead atoms. The molecule has 0 aliphatic heterocycles. The van der Waals surface area contributed by atoms with E-state index in [1.807, 2.05) is 37.4 Å². The van der Waals surface area contributed by atoms with Gasteiger partial charge in [0.05, 0.1) is 0 Å². The fourth-order valence-corrected chi connectivity index (χ4v) is 2.46. The number of hydrogen-bond acceptors (Lipinski definition) is 3. The van der Waals surface area contributed by atoms with Gasteiger partial charge in [0.1, 0.15) is 16.2 Å². The van der Waals surface area contributed by atoms with Crippen molar-refractivity contribution in [2.75, 3.05) is 11.9 Å². The Morgan fingerprint density at radius 2 is 1.90 bits per heavy atom. The third-order valence-electron chi connectivity index (χ3n) is 2.93.